The van der Waals surface area contributed by atoms with Crippen LogP contribution in [0.15, 0.2) is 24.4 Å². The van der Waals surface area contributed by atoms with E-state index in [1.807, 2.05) is 40.0 Å². The van der Waals surface area contributed by atoms with Crippen molar-refractivity contribution in [2.45, 2.75) is 61.0 Å². The Balaban J connectivity index is -0.000000331. The number of primary amides is 1. The van der Waals surface area contributed by atoms with Crippen molar-refractivity contribution >= 4 is 23.5 Å². The number of aromatic nitrogens is 1. The Morgan fingerprint density at radius 1 is 1.26 bits per heavy atom. The number of ether oxygens (including phenoxy) is 2. The van der Waals surface area contributed by atoms with Crippen LogP contribution in [0, 0.1) is 0 Å². The van der Waals surface area contributed by atoms with Crippen molar-refractivity contribution in [2.75, 3.05) is 7.11 Å². The largest absolute Gasteiger partial charge is 0.508 e. The highest BCUT2D eigenvalue weighted by Crippen LogP contribution is 2.22. The summed E-state index contributed by atoms with van der Waals surface area (Å²) in [5.41, 5.74) is 6.97. The predicted octanol–water partition coefficient (Wildman–Crippen LogP) is 4.77. The number of hydrogen-bond donors (Lipinski definition) is 3. The molecule has 1 heterocycles. The average Bonchev–Trinajstić information content (AvgIpc) is 3.06. The van der Waals surface area contributed by atoms with E-state index < -0.39 is 6.09 Å². The number of carbonyl (C=O) groups excluding carboxylic acids is 2. The van der Waals surface area contributed by atoms with Crippen molar-refractivity contribution in [2.24, 2.45) is 5.73 Å². The molecule has 2 rings (SSSR count). The number of phenols is 1. The summed E-state index contributed by atoms with van der Waals surface area (Å²) >= 11 is 0. The highest BCUT2D eigenvalue weighted by Gasteiger charge is 2.01. The number of amides is 1. The molecule has 7 nitrogen and oxygen atoms in total. The number of aromatic amines is 1. The smallest absolute Gasteiger partial charge is 0.404 e. The van der Waals surface area contributed by atoms with Crippen LogP contribution in [0.4, 0.5) is 4.79 Å². The predicted molar refractivity (Wildman–Crippen MR) is 111 cm³/mol. The molecule has 27 heavy (non-hydrogen) atoms. The maximum atomic E-state index is 9.81. The highest BCUT2D eigenvalue weighted by atomic mass is 16.6. The minimum absolute atomic E-state index is 0.0995. The summed E-state index contributed by atoms with van der Waals surface area (Å²) in [5, 5.41) is 10.4. The fraction of sp³-hybridized carbons (Fsp3) is 0.500. The summed E-state index contributed by atoms with van der Waals surface area (Å²) in [6, 6.07) is 5.38. The second-order valence-electron chi connectivity index (χ2n) is 4.71. The maximum Gasteiger partial charge on any atom is 0.404 e. The molecule has 0 aliphatic rings. The van der Waals surface area contributed by atoms with Crippen molar-refractivity contribution in [1.82, 2.24) is 4.98 Å². The van der Waals surface area contributed by atoms with E-state index in [9.17, 15) is 9.90 Å². The fourth-order valence-corrected chi connectivity index (χ4v) is 1.69. The molecule has 0 saturated carbocycles. The Labute approximate surface area is 162 Å². The first-order chi connectivity index (χ1) is 12.8. The molecule has 0 aliphatic heterocycles. The van der Waals surface area contributed by atoms with Crippen LogP contribution in [0.5, 0.6) is 5.75 Å². The molecule has 0 bridgehead atoms. The summed E-state index contributed by atoms with van der Waals surface area (Å²) in [6.45, 7) is 14.0. The molecule has 0 radical (unpaired) electrons. The number of hydrogen-bond acceptors (Lipinski definition) is 5. The second kappa shape index (κ2) is 19.6. The second-order valence-corrected chi connectivity index (χ2v) is 4.71. The SMILES string of the molecule is CC.CC.CC(C)OC(N)=O.CCc1c[nH]c2ccc(O)cc12.COC=O. The quantitative estimate of drug-likeness (QED) is 0.660. The van der Waals surface area contributed by atoms with E-state index in [1.54, 1.807) is 26.0 Å². The van der Waals surface area contributed by atoms with Gasteiger partial charge in [0.1, 0.15) is 5.75 Å². The van der Waals surface area contributed by atoms with Crippen LogP contribution in [0.1, 0.15) is 54.0 Å². The van der Waals surface area contributed by atoms with E-state index in [0.717, 1.165) is 17.3 Å². The number of aromatic hydroxyl groups is 1. The summed E-state index contributed by atoms with van der Waals surface area (Å²) < 4.78 is 8.25. The number of H-pyrrole nitrogens is 1. The van der Waals surface area contributed by atoms with E-state index in [0.29, 0.717) is 12.2 Å². The lowest BCUT2D eigenvalue weighted by molar-refractivity contribution is -0.126. The first kappa shape index (κ1) is 29.1. The van der Waals surface area contributed by atoms with Gasteiger partial charge in [-0.2, -0.15) is 0 Å². The highest BCUT2D eigenvalue weighted by molar-refractivity contribution is 5.84. The number of nitrogens with one attached hydrogen (secondary N) is 1. The molecule has 1 aromatic heterocycles. The van der Waals surface area contributed by atoms with Crippen LogP contribution >= 0.6 is 0 Å². The van der Waals surface area contributed by atoms with Gasteiger partial charge in [0.05, 0.1) is 13.2 Å². The lowest BCUT2D eigenvalue weighted by Gasteiger charge is -2.01. The Kier molecular flexibility index (Phi) is 21.1. The number of fused-ring (bicyclic) bond motifs is 1. The van der Waals surface area contributed by atoms with E-state index in [2.05, 4.69) is 27.1 Å². The van der Waals surface area contributed by atoms with Crippen LogP contribution in [0.2, 0.25) is 0 Å². The third kappa shape index (κ3) is 15.3. The zero-order valence-corrected chi connectivity index (χ0v) is 17.8. The molecular formula is C20H36N2O5. The van der Waals surface area contributed by atoms with Gasteiger partial charge in [0.15, 0.2) is 0 Å². The average molecular weight is 385 g/mol. The third-order valence-electron chi connectivity index (χ3n) is 2.58. The molecule has 0 aliphatic carbocycles. The topological polar surface area (TPSA) is 115 Å². The van der Waals surface area contributed by atoms with Crippen molar-refractivity contribution in [3.05, 3.63) is 30.0 Å². The zero-order valence-electron chi connectivity index (χ0n) is 17.8. The molecule has 1 aromatic carbocycles. The fourth-order valence-electron chi connectivity index (χ4n) is 1.69. The molecule has 7 heteroatoms. The van der Waals surface area contributed by atoms with E-state index in [1.165, 1.54) is 12.7 Å². The van der Waals surface area contributed by atoms with Crippen LogP contribution in [0.25, 0.3) is 10.9 Å². The summed E-state index contributed by atoms with van der Waals surface area (Å²) in [4.78, 5) is 21.9. The van der Waals surface area contributed by atoms with Crippen LogP contribution in [-0.4, -0.2) is 35.9 Å². The molecule has 2 aromatic rings. The van der Waals surface area contributed by atoms with Gasteiger partial charge >= 0.3 is 6.09 Å². The molecule has 0 atom stereocenters. The van der Waals surface area contributed by atoms with Gasteiger partial charge in [-0.25, -0.2) is 4.79 Å². The number of methoxy groups -OCH3 is 1. The number of benzene rings is 1. The standard InChI is InChI=1S/C10H11NO.C4H9NO2.C2H4O2.2C2H6/c1-2-7-6-11-10-4-3-8(12)5-9(7)10;1-3(2)7-4(5)6;1-4-2-3;2*1-2/h3-6,11-12H,2H2,1H3;3H,1-2H3,(H2,5,6);2H,1H3;2*1-2H3. The molecule has 156 valence electrons. The monoisotopic (exact) mass is 384 g/mol. The van der Waals surface area contributed by atoms with Gasteiger partial charge in [0, 0.05) is 17.1 Å². The first-order valence-electron chi connectivity index (χ1n) is 9.07. The van der Waals surface area contributed by atoms with Crippen LogP contribution in [-0.2, 0) is 20.7 Å². The van der Waals surface area contributed by atoms with Crippen LogP contribution < -0.4 is 5.73 Å². The lowest BCUT2D eigenvalue weighted by Crippen LogP contribution is -2.17. The van der Waals surface area contributed by atoms with Gasteiger partial charge in [-0.15, -0.1) is 0 Å². The zero-order chi connectivity index (χ0) is 21.8. The third-order valence-corrected chi connectivity index (χ3v) is 2.58. The normalized spacial score (nSPS) is 8.33. The molecule has 0 fully saturated rings. The number of nitrogens with two attached hydrogens (primary N) is 1. The van der Waals surface area contributed by atoms with Gasteiger partial charge in [-0.3, -0.25) is 4.79 Å². The number of phenolic OH excluding ortho intramolecular Hbond substituents is 1. The van der Waals surface area contributed by atoms with Crippen LogP contribution in [0.3, 0.4) is 0 Å². The Bertz CT molecular complexity index is 609. The Morgan fingerprint density at radius 3 is 2.11 bits per heavy atom. The van der Waals surface area contributed by atoms with Crippen molar-refractivity contribution < 1.29 is 24.2 Å². The van der Waals surface area contributed by atoms with Gasteiger partial charge in [0.25, 0.3) is 6.47 Å². The minimum atomic E-state index is -0.713. The maximum absolute atomic E-state index is 9.81. The van der Waals surface area contributed by atoms with Crippen molar-refractivity contribution in [1.29, 1.82) is 0 Å². The molecule has 4 N–H and O–H groups in total. The number of carbonyl (C=O) groups is 2. The molecule has 0 unspecified atom stereocenters. The number of rotatable bonds is 3. The first-order valence-corrected chi connectivity index (χ1v) is 9.07. The van der Waals surface area contributed by atoms with Crippen molar-refractivity contribution in [3.8, 4) is 5.75 Å². The Hall–Kier alpha value is -2.70. The molecular weight excluding hydrogens is 348 g/mol. The summed E-state index contributed by atoms with van der Waals surface area (Å²) in [7, 11) is 1.31. The summed E-state index contributed by atoms with van der Waals surface area (Å²) in [5.74, 6) is 0.330. The molecule has 0 saturated heterocycles. The Morgan fingerprint density at radius 2 is 1.78 bits per heavy atom. The molecule has 1 amide bonds. The van der Waals surface area contributed by atoms with Gasteiger partial charge in [-0.1, -0.05) is 34.6 Å². The van der Waals surface area contributed by atoms with E-state index in [-0.39, 0.29) is 6.10 Å². The van der Waals surface area contributed by atoms with Gasteiger partial charge < -0.3 is 25.3 Å². The van der Waals surface area contributed by atoms with Gasteiger partial charge in [-0.05, 0) is 44.0 Å². The van der Waals surface area contributed by atoms with E-state index >= 15 is 0 Å². The van der Waals surface area contributed by atoms with E-state index in [4.69, 9.17) is 4.79 Å². The van der Waals surface area contributed by atoms with Gasteiger partial charge in [0.2, 0.25) is 0 Å². The minimum Gasteiger partial charge on any atom is -0.508 e. The lowest BCUT2D eigenvalue weighted by atomic mass is 10.1. The van der Waals surface area contributed by atoms with Crippen molar-refractivity contribution in [3.63, 3.8) is 0 Å². The number of aryl methyl sites for hydroxylation is 1. The summed E-state index contributed by atoms with van der Waals surface area (Å²) in [6.07, 6.45) is 2.17. The molecule has 0 spiro atoms.